The summed E-state index contributed by atoms with van der Waals surface area (Å²) in [7, 11) is -3.91. The lowest BCUT2D eigenvalue weighted by Gasteiger charge is -2.27. The quantitative estimate of drug-likeness (QED) is 0.292. The minimum atomic E-state index is -3.91. The van der Waals surface area contributed by atoms with Crippen molar-refractivity contribution in [2.45, 2.75) is 70.9 Å². The summed E-state index contributed by atoms with van der Waals surface area (Å²) in [4.78, 5) is 36.0. The number of nitrogens with two attached hydrogens (primary N) is 1. The second-order valence-corrected chi connectivity index (χ2v) is 10.4. The van der Waals surface area contributed by atoms with E-state index in [1.54, 1.807) is 25.3 Å². The zero-order valence-electron chi connectivity index (χ0n) is 18.9. The van der Waals surface area contributed by atoms with Crippen molar-refractivity contribution in [3.63, 3.8) is 0 Å². The van der Waals surface area contributed by atoms with Gasteiger partial charge in [0, 0.05) is 0 Å². The smallest absolute Gasteiger partial charge is 0.335 e. The number of aliphatic carboxylic acids is 1. The molecule has 1 aliphatic rings. The van der Waals surface area contributed by atoms with E-state index in [-0.39, 0.29) is 24.8 Å². The number of aromatic nitrogens is 4. The molecule has 4 N–H and O–H groups in total. The van der Waals surface area contributed by atoms with E-state index in [4.69, 9.17) is 19.7 Å². The van der Waals surface area contributed by atoms with Gasteiger partial charge >= 0.3 is 11.9 Å². The number of hydrogen-bond donors (Lipinski definition) is 3. The standard InChI is InChI=1S/C19H29N6O7P/c1-11(2)31-17(26)13(4)32-33(29,24-19(5-6-19)18(27)28)10-30-12(3)7-25-9-23-14-15(20)21-8-22-16(14)25/h8-9,11-13H,5-7,10H2,1-4H3,(H,24,29)(H,27,28)(H2,20,21,22)/t12-,13+,33-/m1/s1. The molecule has 13 nitrogen and oxygen atoms in total. The minimum Gasteiger partial charge on any atom is -0.480 e. The van der Waals surface area contributed by atoms with Crippen molar-refractivity contribution < 1.29 is 33.3 Å². The van der Waals surface area contributed by atoms with Crippen LogP contribution < -0.4 is 10.8 Å². The van der Waals surface area contributed by atoms with Gasteiger partial charge < -0.3 is 29.4 Å². The van der Waals surface area contributed by atoms with Gasteiger partial charge in [0.1, 0.15) is 23.7 Å². The highest BCUT2D eigenvalue weighted by Gasteiger charge is 2.55. The van der Waals surface area contributed by atoms with E-state index in [1.807, 2.05) is 0 Å². The van der Waals surface area contributed by atoms with Crippen LogP contribution in [0, 0.1) is 0 Å². The third-order valence-electron chi connectivity index (χ3n) is 4.97. The number of carboxylic acid groups (broad SMARTS) is 1. The fraction of sp³-hybridized carbons (Fsp3) is 0.632. The number of hydrogen-bond acceptors (Lipinski definition) is 10. The molecular formula is C19H29N6O7P. The van der Waals surface area contributed by atoms with Crippen LogP contribution in [0.5, 0.6) is 0 Å². The average molecular weight is 484 g/mol. The molecule has 2 heterocycles. The molecule has 2 aromatic heterocycles. The van der Waals surface area contributed by atoms with E-state index in [0.717, 1.165) is 0 Å². The summed E-state index contributed by atoms with van der Waals surface area (Å²) >= 11 is 0. The lowest BCUT2D eigenvalue weighted by Crippen LogP contribution is -2.40. The van der Waals surface area contributed by atoms with Crippen LogP contribution in [0.2, 0.25) is 0 Å². The first kappa shape index (κ1) is 25.0. The summed E-state index contributed by atoms with van der Waals surface area (Å²) in [6.45, 7) is 6.78. The predicted molar refractivity (Wildman–Crippen MR) is 117 cm³/mol. The third kappa shape index (κ3) is 6.05. The van der Waals surface area contributed by atoms with Gasteiger partial charge in [0.2, 0.25) is 0 Å². The normalized spacial score (nSPS) is 18.6. The zero-order chi connectivity index (χ0) is 24.4. The second kappa shape index (κ2) is 9.72. The Bertz CT molecular complexity index is 1070. The molecule has 33 heavy (non-hydrogen) atoms. The van der Waals surface area contributed by atoms with E-state index in [1.165, 1.54) is 19.6 Å². The molecule has 3 rings (SSSR count). The number of fused-ring (bicyclic) bond motifs is 1. The van der Waals surface area contributed by atoms with Gasteiger partial charge in [-0.1, -0.05) is 0 Å². The molecule has 3 atom stereocenters. The van der Waals surface area contributed by atoms with Gasteiger partial charge in [-0.3, -0.25) is 9.36 Å². The van der Waals surface area contributed by atoms with Gasteiger partial charge in [-0.25, -0.2) is 24.8 Å². The number of carbonyl (C=O) groups excluding carboxylic acids is 1. The van der Waals surface area contributed by atoms with Crippen LogP contribution in [0.15, 0.2) is 12.7 Å². The lowest BCUT2D eigenvalue weighted by molar-refractivity contribution is -0.155. The Labute approximate surface area is 190 Å². The fourth-order valence-electron chi connectivity index (χ4n) is 3.13. The minimum absolute atomic E-state index is 0.250. The van der Waals surface area contributed by atoms with Crippen LogP contribution in [0.1, 0.15) is 40.5 Å². The van der Waals surface area contributed by atoms with Crippen molar-refractivity contribution in [3.8, 4) is 0 Å². The van der Waals surface area contributed by atoms with Gasteiger partial charge in [0.05, 0.1) is 25.1 Å². The van der Waals surface area contributed by atoms with E-state index in [2.05, 4.69) is 20.0 Å². The molecule has 0 unspecified atom stereocenters. The van der Waals surface area contributed by atoms with Gasteiger partial charge in [0.25, 0.3) is 7.52 Å². The van der Waals surface area contributed by atoms with Crippen molar-refractivity contribution in [3.05, 3.63) is 12.7 Å². The number of ether oxygens (including phenoxy) is 2. The Morgan fingerprint density at radius 2 is 1.97 bits per heavy atom. The Kier molecular flexibility index (Phi) is 7.37. The number of carboxylic acids is 1. The van der Waals surface area contributed by atoms with Gasteiger partial charge in [-0.2, -0.15) is 0 Å². The van der Waals surface area contributed by atoms with Crippen LogP contribution in [-0.4, -0.2) is 66.8 Å². The SMILES string of the molecule is CC(C)OC(=O)[C@H](C)O[P@](=O)(CO[C@H](C)Cn1cnc2c(N)ncnc21)NC1(C(=O)O)CC1. The van der Waals surface area contributed by atoms with E-state index in [0.29, 0.717) is 17.7 Å². The van der Waals surface area contributed by atoms with Crippen molar-refractivity contribution >= 4 is 36.4 Å². The van der Waals surface area contributed by atoms with Crippen LogP contribution in [0.4, 0.5) is 5.82 Å². The van der Waals surface area contributed by atoms with E-state index in [9.17, 15) is 19.3 Å². The Morgan fingerprint density at radius 3 is 2.58 bits per heavy atom. The van der Waals surface area contributed by atoms with Crippen LogP contribution in [0.25, 0.3) is 11.2 Å². The number of esters is 1. The van der Waals surface area contributed by atoms with Gasteiger partial charge in [0.15, 0.2) is 17.6 Å². The number of anilines is 1. The van der Waals surface area contributed by atoms with Crippen LogP contribution in [0.3, 0.4) is 0 Å². The number of rotatable bonds is 12. The summed E-state index contributed by atoms with van der Waals surface area (Å²) in [5.74, 6) is -1.60. The van der Waals surface area contributed by atoms with Gasteiger partial charge in [-0.15, -0.1) is 0 Å². The van der Waals surface area contributed by atoms with Crippen molar-refractivity contribution in [1.82, 2.24) is 24.6 Å². The highest BCUT2D eigenvalue weighted by molar-refractivity contribution is 7.56. The molecule has 2 aromatic rings. The Morgan fingerprint density at radius 1 is 1.27 bits per heavy atom. The Balaban J connectivity index is 1.69. The van der Waals surface area contributed by atoms with E-state index < -0.39 is 43.6 Å². The molecule has 0 spiro atoms. The summed E-state index contributed by atoms with van der Waals surface area (Å²) in [6.07, 6.45) is 0.928. The number of nitrogens with zero attached hydrogens (tertiary/aromatic N) is 4. The molecule has 0 aliphatic heterocycles. The molecule has 14 heteroatoms. The highest BCUT2D eigenvalue weighted by atomic mass is 31.2. The molecule has 1 fully saturated rings. The molecule has 0 saturated heterocycles. The maximum Gasteiger partial charge on any atom is 0.335 e. The average Bonchev–Trinajstić information content (AvgIpc) is 3.39. The summed E-state index contributed by atoms with van der Waals surface area (Å²) in [6, 6.07) is 0. The molecule has 0 aromatic carbocycles. The number of carbonyl (C=O) groups is 2. The maximum absolute atomic E-state index is 13.6. The summed E-state index contributed by atoms with van der Waals surface area (Å²) in [5.41, 5.74) is 5.41. The number of nitrogens with one attached hydrogen (secondary N) is 1. The predicted octanol–water partition coefficient (Wildman–Crippen LogP) is 1.53. The third-order valence-corrected chi connectivity index (χ3v) is 6.88. The largest absolute Gasteiger partial charge is 0.480 e. The van der Waals surface area contributed by atoms with Crippen molar-refractivity contribution in [2.24, 2.45) is 0 Å². The van der Waals surface area contributed by atoms with Gasteiger partial charge in [-0.05, 0) is 40.5 Å². The highest BCUT2D eigenvalue weighted by Crippen LogP contribution is 2.52. The van der Waals surface area contributed by atoms with Crippen molar-refractivity contribution in [1.29, 1.82) is 0 Å². The number of imidazole rings is 1. The summed E-state index contributed by atoms with van der Waals surface area (Å²) in [5, 5.41) is 12.1. The van der Waals surface area contributed by atoms with Crippen molar-refractivity contribution in [2.75, 3.05) is 12.1 Å². The molecule has 0 amide bonds. The van der Waals surface area contributed by atoms with Crippen LogP contribution in [-0.2, 0) is 34.7 Å². The molecule has 0 radical (unpaired) electrons. The molecule has 0 bridgehead atoms. The number of nitrogen functional groups attached to an aromatic ring is 1. The second-order valence-electron chi connectivity index (χ2n) is 8.34. The zero-order valence-corrected chi connectivity index (χ0v) is 19.8. The first-order chi connectivity index (χ1) is 15.4. The molecule has 1 aliphatic carbocycles. The fourth-order valence-corrected chi connectivity index (χ4v) is 5.32. The molecule has 182 valence electrons. The van der Waals surface area contributed by atoms with Crippen LogP contribution >= 0.6 is 7.52 Å². The van der Waals surface area contributed by atoms with E-state index >= 15 is 0 Å². The first-order valence-electron chi connectivity index (χ1n) is 10.5. The molecule has 1 saturated carbocycles. The molecular weight excluding hydrogens is 455 g/mol. The topological polar surface area (TPSA) is 181 Å². The lowest BCUT2D eigenvalue weighted by atomic mass is 10.3. The first-order valence-corrected chi connectivity index (χ1v) is 12.3. The summed E-state index contributed by atoms with van der Waals surface area (Å²) < 4.78 is 31.6. The maximum atomic E-state index is 13.6. The monoisotopic (exact) mass is 484 g/mol. The Hall–Kier alpha value is -2.60.